The molecule has 4 aromatic heterocycles. The molecular weight excluding hydrogens is 845 g/mol. The molecule has 2 aliphatic rings. The molecule has 2 unspecified atom stereocenters. The van der Waals surface area contributed by atoms with Gasteiger partial charge in [0.2, 0.25) is 0 Å². The molecule has 0 fully saturated rings. The fourth-order valence-corrected chi connectivity index (χ4v) is 10.0. The van der Waals surface area contributed by atoms with E-state index in [2.05, 4.69) is 32.7 Å². The Morgan fingerprint density at radius 2 is 1.05 bits per heavy atom. The van der Waals surface area contributed by atoms with E-state index < -0.39 is 23.8 Å². The lowest BCUT2D eigenvalue weighted by molar-refractivity contribution is -0.141. The third kappa shape index (κ3) is 9.15. The van der Waals surface area contributed by atoms with Crippen LogP contribution in [0.1, 0.15) is 86.8 Å². The number of aromatic nitrogens is 2. The Balaban J connectivity index is 0.000000191. The lowest BCUT2D eigenvalue weighted by atomic mass is 9.79. The highest BCUT2D eigenvalue weighted by atomic mass is 32.1. The first kappa shape index (κ1) is 44.5. The summed E-state index contributed by atoms with van der Waals surface area (Å²) in [6, 6.07) is 25.6. The fourth-order valence-electron chi connectivity index (χ4n) is 8.17. The normalized spacial score (nSPS) is 16.0. The number of rotatable bonds is 10. The number of hydrogen-bond acceptors (Lipinski definition) is 14. The van der Waals surface area contributed by atoms with Crippen molar-refractivity contribution in [3.05, 3.63) is 174 Å². The number of esters is 2. The summed E-state index contributed by atoms with van der Waals surface area (Å²) in [5.41, 5.74) is 8.94. The first-order chi connectivity index (χ1) is 30.8. The second kappa shape index (κ2) is 19.3. The topological polar surface area (TPSA) is 184 Å². The zero-order valence-corrected chi connectivity index (χ0v) is 37.5. The highest BCUT2D eigenvalue weighted by molar-refractivity contribution is 7.17. The summed E-state index contributed by atoms with van der Waals surface area (Å²) in [5.74, 6) is -2.29. The van der Waals surface area contributed by atoms with E-state index in [0.717, 1.165) is 54.1 Å². The number of ketones is 2. The summed E-state index contributed by atoms with van der Waals surface area (Å²) in [7, 11) is 0. The Hall–Kier alpha value is -7.52. The number of benzene rings is 2. The van der Waals surface area contributed by atoms with Crippen LogP contribution < -0.4 is 10.6 Å². The zero-order valence-electron chi connectivity index (χ0n) is 35.9. The summed E-state index contributed by atoms with van der Waals surface area (Å²) >= 11 is 2.97. The van der Waals surface area contributed by atoms with E-state index in [-0.39, 0.29) is 24.8 Å². The second-order valence-corrected chi connectivity index (χ2v) is 17.0. The van der Waals surface area contributed by atoms with Crippen LogP contribution in [0.4, 0.5) is 0 Å². The number of nitrogens with zero attached hydrogens (tertiary/aromatic N) is 4. The Morgan fingerprint density at radius 1 is 0.594 bits per heavy atom. The molecule has 64 heavy (non-hydrogen) atoms. The number of thiophene rings is 2. The van der Waals surface area contributed by atoms with E-state index in [9.17, 15) is 19.2 Å². The molecule has 2 N–H and O–H groups in total. The number of nitrogens with one attached hydrogen (secondary N) is 2. The minimum Gasteiger partial charge on any atom is -0.457 e. The predicted octanol–water partition coefficient (Wildman–Crippen LogP) is 9.47. The predicted molar refractivity (Wildman–Crippen MR) is 245 cm³/mol. The molecule has 8 rings (SSSR count). The van der Waals surface area contributed by atoms with Gasteiger partial charge in [0.05, 0.1) is 34.4 Å². The first-order valence-corrected chi connectivity index (χ1v) is 21.9. The molecule has 0 spiro atoms. The van der Waals surface area contributed by atoms with Gasteiger partial charge in [-0.2, -0.15) is 10.5 Å². The highest BCUT2D eigenvalue weighted by Crippen LogP contribution is 2.45. The van der Waals surface area contributed by atoms with Crippen molar-refractivity contribution in [1.82, 2.24) is 20.6 Å². The number of fused-ring (bicyclic) bond motifs is 2. The van der Waals surface area contributed by atoms with E-state index >= 15 is 0 Å². The number of Topliss-reactive ketones (excluding diaryl/α,β-unsaturated/α-hetero) is 2. The summed E-state index contributed by atoms with van der Waals surface area (Å²) < 4.78 is 11.3. The zero-order chi connectivity index (χ0) is 45.7. The Labute approximate surface area is 377 Å². The summed E-state index contributed by atoms with van der Waals surface area (Å²) in [6.45, 7) is 10.4. The van der Waals surface area contributed by atoms with Crippen LogP contribution in [0, 0.1) is 22.7 Å². The van der Waals surface area contributed by atoms with Crippen LogP contribution >= 0.6 is 22.7 Å². The van der Waals surface area contributed by atoms with Crippen molar-refractivity contribution < 1.29 is 28.7 Å². The second-order valence-electron chi connectivity index (χ2n) is 15.3. The summed E-state index contributed by atoms with van der Waals surface area (Å²) in [4.78, 5) is 62.5. The minimum absolute atomic E-state index is 0.0297. The number of dihydropyridines is 2. The van der Waals surface area contributed by atoms with Gasteiger partial charge in [-0.3, -0.25) is 9.59 Å². The third-order valence-electron chi connectivity index (χ3n) is 11.0. The van der Waals surface area contributed by atoms with Crippen LogP contribution in [0.25, 0.3) is 20.4 Å². The van der Waals surface area contributed by atoms with E-state index in [0.29, 0.717) is 44.8 Å². The fraction of sp³-hybridized carbons (Fsp3) is 0.200. The van der Waals surface area contributed by atoms with Crippen LogP contribution in [-0.2, 0) is 41.9 Å². The summed E-state index contributed by atoms with van der Waals surface area (Å²) in [6.07, 6.45) is 3.45. The van der Waals surface area contributed by atoms with E-state index in [1.54, 1.807) is 60.9 Å². The quantitative estimate of drug-likeness (QED) is 0.124. The molecule has 6 aromatic rings. The number of carbonyl (C=O) groups is 4. The maximum atomic E-state index is 13.3. The van der Waals surface area contributed by atoms with Crippen LogP contribution in [-0.4, -0.2) is 33.5 Å². The van der Waals surface area contributed by atoms with Crippen molar-refractivity contribution in [3.8, 4) is 12.1 Å². The van der Waals surface area contributed by atoms with Crippen LogP contribution in [0.15, 0.2) is 141 Å². The lowest BCUT2D eigenvalue weighted by Crippen LogP contribution is -2.31. The lowest BCUT2D eigenvalue weighted by Gasteiger charge is -2.30. The van der Waals surface area contributed by atoms with Gasteiger partial charge >= 0.3 is 11.9 Å². The van der Waals surface area contributed by atoms with Gasteiger partial charge in [0.1, 0.15) is 22.9 Å². The van der Waals surface area contributed by atoms with E-state index in [4.69, 9.17) is 20.0 Å². The van der Waals surface area contributed by atoms with Crippen LogP contribution in [0.3, 0.4) is 0 Å². The average molecular weight is 887 g/mol. The van der Waals surface area contributed by atoms with Gasteiger partial charge in [-0.25, -0.2) is 19.6 Å². The van der Waals surface area contributed by atoms with Gasteiger partial charge in [0.25, 0.3) is 0 Å². The average Bonchev–Trinajstić information content (AvgIpc) is 3.92. The molecule has 2 aromatic carbocycles. The Bertz CT molecular complexity index is 3090. The molecule has 0 aliphatic carbocycles. The van der Waals surface area contributed by atoms with Gasteiger partial charge < -0.3 is 20.1 Å². The monoisotopic (exact) mass is 886 g/mol. The van der Waals surface area contributed by atoms with Gasteiger partial charge in [-0.05, 0) is 111 Å². The van der Waals surface area contributed by atoms with Crippen LogP contribution in [0.2, 0.25) is 0 Å². The largest absolute Gasteiger partial charge is 0.457 e. The van der Waals surface area contributed by atoms with Crippen LogP contribution in [0.5, 0.6) is 0 Å². The highest BCUT2D eigenvalue weighted by Gasteiger charge is 2.39. The molecular formula is C50H42N6O6S2. The van der Waals surface area contributed by atoms with Crippen molar-refractivity contribution in [2.45, 2.75) is 66.6 Å². The SMILES string of the molecule is CC(=O)C1=C(C)NC(C)=C(C(=O)OCc2ccc(C#N)cc2)C1c1csc2ncccc12.CC(=O)C1=C(C)NC(C)=C(C(=O)OCc2cccc(C#N)c2)C1c1csc2ncccc12. The van der Waals surface area contributed by atoms with Crippen molar-refractivity contribution in [2.24, 2.45) is 0 Å². The Kier molecular flexibility index (Phi) is 13.4. The number of ether oxygens (including phenoxy) is 2. The standard InChI is InChI=1S/2C25H21N3O3S/c1-14-21(16(3)29)23(20-13-32-24-19(20)8-5-9-27-24)22(15(2)28-14)25(30)31-12-18-7-4-6-17(10-18)11-26;1-14-21(16(3)29)23(20-13-32-24-19(20)5-4-10-27-24)22(15(2)28-14)25(30)31-12-18-8-6-17(11-26)7-9-18/h2*4-10,13,23,28H,12H2,1-3H3. The Morgan fingerprint density at radius 3 is 1.50 bits per heavy atom. The molecule has 0 radical (unpaired) electrons. The van der Waals surface area contributed by atoms with Crippen molar-refractivity contribution >= 4 is 66.6 Å². The molecule has 2 atom stereocenters. The maximum absolute atomic E-state index is 13.3. The van der Waals surface area contributed by atoms with E-state index in [1.165, 1.54) is 36.5 Å². The molecule has 0 bridgehead atoms. The smallest absolute Gasteiger partial charge is 0.337 e. The number of pyridine rings is 2. The van der Waals surface area contributed by atoms with Gasteiger partial charge in [-0.1, -0.05) is 36.4 Å². The number of allylic oxidation sites excluding steroid dienone is 6. The molecule has 2 aliphatic heterocycles. The number of carbonyl (C=O) groups excluding carboxylic acids is 4. The van der Waals surface area contributed by atoms with Gasteiger partial charge in [-0.15, -0.1) is 22.7 Å². The molecule has 0 amide bonds. The minimum atomic E-state index is -0.551. The maximum Gasteiger partial charge on any atom is 0.337 e. The van der Waals surface area contributed by atoms with Gasteiger partial charge in [0, 0.05) is 68.9 Å². The summed E-state index contributed by atoms with van der Waals surface area (Å²) in [5, 5.41) is 30.2. The molecule has 320 valence electrons. The molecule has 0 saturated carbocycles. The first-order valence-electron chi connectivity index (χ1n) is 20.2. The third-order valence-corrected chi connectivity index (χ3v) is 12.8. The number of hydrogen-bond donors (Lipinski definition) is 2. The molecule has 12 nitrogen and oxygen atoms in total. The van der Waals surface area contributed by atoms with Gasteiger partial charge in [0.15, 0.2) is 11.6 Å². The van der Waals surface area contributed by atoms with Crippen molar-refractivity contribution in [2.75, 3.05) is 0 Å². The molecule has 0 saturated heterocycles. The molecule has 14 heteroatoms. The van der Waals surface area contributed by atoms with Crippen molar-refractivity contribution in [1.29, 1.82) is 10.5 Å². The number of nitriles is 2. The molecule has 6 heterocycles. The van der Waals surface area contributed by atoms with E-state index in [1.807, 2.05) is 62.7 Å². The van der Waals surface area contributed by atoms with Crippen molar-refractivity contribution in [3.63, 3.8) is 0 Å².